The number of amides is 1. The summed E-state index contributed by atoms with van der Waals surface area (Å²) >= 11 is 3.25. The lowest BCUT2D eigenvalue weighted by molar-refractivity contribution is 0.0929. The molecule has 1 atom stereocenters. The van der Waals surface area contributed by atoms with Gasteiger partial charge in [0.15, 0.2) is 0 Å². The van der Waals surface area contributed by atoms with E-state index in [4.69, 9.17) is 10.7 Å². The highest BCUT2D eigenvalue weighted by molar-refractivity contribution is 9.10. The first kappa shape index (κ1) is 17.5. The van der Waals surface area contributed by atoms with Crippen LogP contribution in [-0.2, 0) is 9.05 Å². The molecule has 1 rings (SSSR count). The molecule has 7 heteroatoms. The molecule has 1 N–H and O–H groups in total. The van der Waals surface area contributed by atoms with Crippen molar-refractivity contribution in [2.24, 2.45) is 5.92 Å². The Morgan fingerprint density at radius 3 is 2.30 bits per heavy atom. The smallest absolute Gasteiger partial charge is 0.261 e. The van der Waals surface area contributed by atoms with E-state index in [0.717, 1.165) is 0 Å². The highest BCUT2D eigenvalue weighted by atomic mass is 79.9. The average Bonchev–Trinajstić information content (AvgIpc) is 2.30. The fourth-order valence-corrected chi connectivity index (χ4v) is 2.88. The molecule has 1 aromatic carbocycles. The lowest BCUT2D eigenvalue weighted by atomic mass is 10.0. The van der Waals surface area contributed by atoms with Crippen molar-refractivity contribution in [1.29, 1.82) is 0 Å². The van der Waals surface area contributed by atoms with Crippen LogP contribution in [0.25, 0.3) is 0 Å². The Labute approximate surface area is 132 Å². The zero-order valence-electron chi connectivity index (χ0n) is 11.7. The third-order valence-electron chi connectivity index (χ3n) is 3.20. The highest BCUT2D eigenvalue weighted by Gasteiger charge is 2.20. The summed E-state index contributed by atoms with van der Waals surface area (Å²) < 4.78 is 23.4. The number of rotatable bonds is 4. The Kier molecular flexibility index (Phi) is 5.63. The zero-order chi connectivity index (χ0) is 15.7. The van der Waals surface area contributed by atoms with E-state index in [-0.39, 0.29) is 22.8 Å². The molecule has 0 bridgehead atoms. The van der Waals surface area contributed by atoms with Crippen molar-refractivity contribution in [1.82, 2.24) is 5.32 Å². The van der Waals surface area contributed by atoms with E-state index in [0.29, 0.717) is 15.6 Å². The maximum atomic E-state index is 12.2. The second kappa shape index (κ2) is 6.45. The molecule has 0 fully saturated rings. The molecule has 4 nitrogen and oxygen atoms in total. The SMILES string of the molecule is Cc1c(Br)cc(S(=O)(=O)Cl)cc1C(=O)NC(C)C(C)C. The third kappa shape index (κ3) is 4.20. The minimum absolute atomic E-state index is 0.0167. The van der Waals surface area contributed by atoms with E-state index in [1.807, 2.05) is 20.8 Å². The monoisotopic (exact) mass is 381 g/mol. The van der Waals surface area contributed by atoms with E-state index >= 15 is 0 Å². The van der Waals surface area contributed by atoms with Crippen LogP contribution in [0.1, 0.15) is 36.7 Å². The lowest BCUT2D eigenvalue weighted by Crippen LogP contribution is -2.36. The van der Waals surface area contributed by atoms with E-state index < -0.39 is 9.05 Å². The molecule has 0 aromatic heterocycles. The van der Waals surface area contributed by atoms with Crippen molar-refractivity contribution in [2.75, 3.05) is 0 Å². The zero-order valence-corrected chi connectivity index (χ0v) is 14.9. The van der Waals surface area contributed by atoms with Crippen molar-refractivity contribution >= 4 is 41.6 Å². The normalized spacial score (nSPS) is 13.3. The molecule has 112 valence electrons. The van der Waals surface area contributed by atoms with Gasteiger partial charge in [0.2, 0.25) is 0 Å². The van der Waals surface area contributed by atoms with Gasteiger partial charge in [-0.25, -0.2) is 8.42 Å². The van der Waals surface area contributed by atoms with Crippen molar-refractivity contribution in [2.45, 2.75) is 38.6 Å². The summed E-state index contributed by atoms with van der Waals surface area (Å²) in [5.41, 5.74) is 0.966. The van der Waals surface area contributed by atoms with Gasteiger partial charge in [-0.2, -0.15) is 0 Å². The minimum Gasteiger partial charge on any atom is -0.349 e. The summed E-state index contributed by atoms with van der Waals surface area (Å²) in [6.45, 7) is 7.62. The van der Waals surface area contributed by atoms with Crippen LogP contribution < -0.4 is 5.32 Å². The van der Waals surface area contributed by atoms with Crippen molar-refractivity contribution in [3.8, 4) is 0 Å². The van der Waals surface area contributed by atoms with Crippen molar-refractivity contribution in [3.63, 3.8) is 0 Å². The molecule has 20 heavy (non-hydrogen) atoms. The Hall–Kier alpha value is -0.590. The number of halogens is 2. The molecule has 0 aliphatic carbocycles. The molecular weight excluding hydrogens is 366 g/mol. The summed E-state index contributed by atoms with van der Waals surface area (Å²) in [7, 11) is 1.45. The molecule has 0 saturated heterocycles. The number of carbonyl (C=O) groups is 1. The fraction of sp³-hybridized carbons (Fsp3) is 0.462. The second-order valence-corrected chi connectivity index (χ2v) is 8.44. The summed E-state index contributed by atoms with van der Waals surface area (Å²) in [6.07, 6.45) is 0. The molecule has 0 heterocycles. The van der Waals surface area contributed by atoms with Crippen LogP contribution in [0.2, 0.25) is 0 Å². The first-order valence-corrected chi connectivity index (χ1v) is 9.20. The van der Waals surface area contributed by atoms with Gasteiger partial charge in [0.1, 0.15) is 0 Å². The van der Waals surface area contributed by atoms with Crippen LogP contribution in [0.15, 0.2) is 21.5 Å². The quantitative estimate of drug-likeness (QED) is 0.811. The molecule has 0 saturated carbocycles. The number of carbonyl (C=O) groups excluding carboxylic acids is 1. The van der Waals surface area contributed by atoms with Gasteiger partial charge in [-0.15, -0.1) is 0 Å². The first-order chi connectivity index (χ1) is 9.04. The van der Waals surface area contributed by atoms with E-state index in [9.17, 15) is 13.2 Å². The summed E-state index contributed by atoms with van der Waals surface area (Å²) in [5, 5.41) is 2.84. The van der Waals surface area contributed by atoms with Crippen LogP contribution in [0, 0.1) is 12.8 Å². The Morgan fingerprint density at radius 1 is 1.30 bits per heavy atom. The van der Waals surface area contributed by atoms with Crippen molar-refractivity contribution in [3.05, 3.63) is 27.7 Å². The van der Waals surface area contributed by atoms with Gasteiger partial charge < -0.3 is 5.32 Å². The van der Waals surface area contributed by atoms with Gasteiger partial charge in [-0.3, -0.25) is 4.79 Å². The first-order valence-electron chi connectivity index (χ1n) is 6.09. The molecular formula is C13H17BrClNO3S. The minimum atomic E-state index is -3.88. The van der Waals surface area contributed by atoms with Crippen LogP contribution in [0.3, 0.4) is 0 Å². The Morgan fingerprint density at radius 2 is 1.85 bits per heavy atom. The van der Waals surface area contributed by atoms with E-state index in [1.165, 1.54) is 12.1 Å². The van der Waals surface area contributed by atoms with E-state index in [1.54, 1.807) is 6.92 Å². The van der Waals surface area contributed by atoms with E-state index in [2.05, 4.69) is 21.2 Å². The molecule has 1 amide bonds. The fourth-order valence-electron chi connectivity index (χ4n) is 1.48. The number of hydrogen-bond acceptors (Lipinski definition) is 3. The third-order valence-corrected chi connectivity index (χ3v) is 5.36. The highest BCUT2D eigenvalue weighted by Crippen LogP contribution is 2.27. The predicted molar refractivity (Wildman–Crippen MR) is 83.7 cm³/mol. The van der Waals surface area contributed by atoms with Gasteiger partial charge in [0, 0.05) is 26.8 Å². The number of nitrogens with one attached hydrogen (secondary N) is 1. The van der Waals surface area contributed by atoms with Gasteiger partial charge >= 0.3 is 0 Å². The lowest BCUT2D eigenvalue weighted by Gasteiger charge is -2.18. The summed E-state index contributed by atoms with van der Waals surface area (Å²) in [6, 6.07) is 2.67. The van der Waals surface area contributed by atoms with Gasteiger partial charge in [-0.05, 0) is 37.5 Å². The summed E-state index contributed by atoms with van der Waals surface area (Å²) in [4.78, 5) is 12.1. The maximum absolute atomic E-state index is 12.2. The van der Waals surface area contributed by atoms with Gasteiger partial charge in [0.25, 0.3) is 15.0 Å². The Balaban J connectivity index is 3.24. The Bertz CT molecular complexity index is 629. The molecule has 0 aliphatic heterocycles. The molecule has 0 aliphatic rings. The van der Waals surface area contributed by atoms with Crippen molar-refractivity contribution < 1.29 is 13.2 Å². The van der Waals surface area contributed by atoms with Crippen LogP contribution in [0.4, 0.5) is 0 Å². The second-order valence-electron chi connectivity index (χ2n) is 5.02. The molecule has 1 aromatic rings. The summed E-state index contributed by atoms with van der Waals surface area (Å²) in [5.74, 6) is -0.0331. The number of hydrogen-bond donors (Lipinski definition) is 1. The standard InChI is InChI=1S/C13H17BrClNO3S/c1-7(2)9(4)16-13(17)11-5-10(20(15,18)19)6-12(14)8(11)3/h5-7,9H,1-4H3,(H,16,17). The topological polar surface area (TPSA) is 63.2 Å². The van der Waals surface area contributed by atoms with Crippen LogP contribution >= 0.6 is 26.6 Å². The number of benzene rings is 1. The largest absolute Gasteiger partial charge is 0.349 e. The molecule has 0 radical (unpaired) electrons. The molecule has 1 unspecified atom stereocenters. The maximum Gasteiger partial charge on any atom is 0.261 e. The van der Waals surface area contributed by atoms with Gasteiger partial charge in [0.05, 0.1) is 4.90 Å². The predicted octanol–water partition coefficient (Wildman–Crippen LogP) is 3.46. The average molecular weight is 383 g/mol. The van der Waals surface area contributed by atoms with Crippen LogP contribution in [0.5, 0.6) is 0 Å². The molecule has 0 spiro atoms. The van der Waals surface area contributed by atoms with Crippen LogP contribution in [-0.4, -0.2) is 20.4 Å². The van der Waals surface area contributed by atoms with Gasteiger partial charge in [-0.1, -0.05) is 29.8 Å².